The van der Waals surface area contributed by atoms with Crippen LogP contribution < -0.4 is 9.84 Å². The summed E-state index contributed by atoms with van der Waals surface area (Å²) >= 11 is 1.56. The van der Waals surface area contributed by atoms with Gasteiger partial charge in [0.2, 0.25) is 0 Å². The summed E-state index contributed by atoms with van der Waals surface area (Å²) in [6.45, 7) is 0.432. The number of rotatable bonds is 4. The summed E-state index contributed by atoms with van der Waals surface area (Å²) in [5, 5.41) is 20.1. The van der Waals surface area contributed by atoms with Crippen molar-refractivity contribution in [2.75, 3.05) is 5.75 Å². The molecule has 1 aliphatic heterocycles. The average molecular weight is 378 g/mol. The van der Waals surface area contributed by atoms with Gasteiger partial charge in [0.15, 0.2) is 5.16 Å². The first-order chi connectivity index (χ1) is 13.1. The first-order valence-electron chi connectivity index (χ1n) is 8.37. The van der Waals surface area contributed by atoms with Crippen LogP contribution in [0.1, 0.15) is 27.0 Å². The van der Waals surface area contributed by atoms with Crippen molar-refractivity contribution in [1.82, 2.24) is 14.8 Å². The van der Waals surface area contributed by atoms with E-state index < -0.39 is 5.97 Å². The van der Waals surface area contributed by atoms with Crippen molar-refractivity contribution in [2.45, 2.75) is 11.8 Å². The predicted octanol–water partition coefficient (Wildman–Crippen LogP) is 2.29. The number of carboxylic acids is 1. The van der Waals surface area contributed by atoms with Crippen LogP contribution in [0, 0.1) is 0 Å². The van der Waals surface area contributed by atoms with E-state index in [1.54, 1.807) is 30.2 Å². The van der Waals surface area contributed by atoms with Gasteiger partial charge in [0.25, 0.3) is 0 Å². The molecule has 27 heavy (non-hydrogen) atoms. The number of nitrogens with zero attached hydrogens (tertiary/aromatic N) is 3. The molecule has 7 heteroatoms. The Balaban J connectivity index is 1.78. The van der Waals surface area contributed by atoms with Crippen LogP contribution in [0.15, 0.2) is 60.0 Å². The molecule has 2 aromatic carbocycles. The van der Waals surface area contributed by atoms with Crippen LogP contribution in [0.25, 0.3) is 5.57 Å². The van der Waals surface area contributed by atoms with Gasteiger partial charge in [-0.3, -0.25) is 0 Å². The molecule has 0 N–H and O–H groups in total. The number of carbonyl (C=O) groups excluding carboxylic acids is 1. The Morgan fingerprint density at radius 2 is 2.15 bits per heavy atom. The number of fused-ring (bicyclic) bond motifs is 2. The highest BCUT2D eigenvalue weighted by Gasteiger charge is 2.19. The summed E-state index contributed by atoms with van der Waals surface area (Å²) in [5.74, 6) is 0.111. The lowest BCUT2D eigenvalue weighted by Gasteiger charge is -2.13. The lowest BCUT2D eigenvalue weighted by atomic mass is 9.93. The Morgan fingerprint density at radius 1 is 1.30 bits per heavy atom. The van der Waals surface area contributed by atoms with Crippen molar-refractivity contribution in [3.05, 3.63) is 77.1 Å². The van der Waals surface area contributed by atoms with Gasteiger partial charge in [0, 0.05) is 18.4 Å². The topological polar surface area (TPSA) is 80.1 Å². The Hall–Kier alpha value is -3.06. The minimum absolute atomic E-state index is 0.128. The van der Waals surface area contributed by atoms with Gasteiger partial charge >= 0.3 is 0 Å². The molecule has 3 aromatic rings. The summed E-state index contributed by atoms with van der Waals surface area (Å²) in [5.41, 5.74) is 3.91. The maximum atomic E-state index is 11.3. The second-order valence-corrected chi connectivity index (χ2v) is 7.08. The molecule has 0 spiro atoms. The maximum absolute atomic E-state index is 11.3. The molecule has 0 bridgehead atoms. The van der Waals surface area contributed by atoms with Crippen molar-refractivity contribution in [3.63, 3.8) is 0 Å². The van der Waals surface area contributed by atoms with Gasteiger partial charge in [-0.25, -0.2) is 0 Å². The zero-order valence-electron chi connectivity index (χ0n) is 14.6. The van der Waals surface area contributed by atoms with E-state index in [0.29, 0.717) is 18.1 Å². The van der Waals surface area contributed by atoms with E-state index in [4.69, 9.17) is 4.74 Å². The molecular formula is C20H16N3O3S-. The molecule has 0 saturated carbocycles. The number of aromatic carboxylic acids is 1. The summed E-state index contributed by atoms with van der Waals surface area (Å²) in [6.07, 6.45) is 3.73. The summed E-state index contributed by atoms with van der Waals surface area (Å²) in [4.78, 5) is 11.3. The van der Waals surface area contributed by atoms with Crippen molar-refractivity contribution in [1.29, 1.82) is 0 Å². The number of hydrogen-bond acceptors (Lipinski definition) is 6. The van der Waals surface area contributed by atoms with E-state index in [1.165, 1.54) is 6.07 Å². The van der Waals surface area contributed by atoms with Gasteiger partial charge < -0.3 is 19.2 Å². The number of benzene rings is 2. The number of carbonyl (C=O) groups is 1. The van der Waals surface area contributed by atoms with Crippen molar-refractivity contribution >= 4 is 23.3 Å². The Bertz CT molecular complexity index is 1040. The molecule has 0 aliphatic carbocycles. The van der Waals surface area contributed by atoms with Crippen LogP contribution in [-0.4, -0.2) is 26.5 Å². The van der Waals surface area contributed by atoms with Crippen molar-refractivity contribution in [3.8, 4) is 5.75 Å². The number of ether oxygens (including phenoxy) is 1. The third-order valence-corrected chi connectivity index (χ3v) is 5.33. The summed E-state index contributed by atoms with van der Waals surface area (Å²) in [6, 6.07) is 12.8. The molecule has 0 fully saturated rings. The molecular weight excluding hydrogens is 362 g/mol. The third kappa shape index (κ3) is 3.46. The van der Waals surface area contributed by atoms with Crippen molar-refractivity contribution < 1.29 is 14.6 Å². The smallest absolute Gasteiger partial charge is 0.191 e. The van der Waals surface area contributed by atoms with Gasteiger partial charge in [-0.1, -0.05) is 42.1 Å². The van der Waals surface area contributed by atoms with E-state index in [-0.39, 0.29) is 5.56 Å². The Kier molecular flexibility index (Phi) is 4.68. The average Bonchev–Trinajstić information content (AvgIpc) is 3.01. The van der Waals surface area contributed by atoms with E-state index in [1.807, 2.05) is 35.9 Å². The highest BCUT2D eigenvalue weighted by atomic mass is 32.2. The normalized spacial score (nSPS) is 14.2. The number of hydrogen-bond donors (Lipinski definition) is 0. The zero-order chi connectivity index (χ0) is 18.8. The van der Waals surface area contributed by atoms with Gasteiger partial charge in [0.05, 0.1) is 5.97 Å². The number of carboxylic acid groups (broad SMARTS) is 1. The van der Waals surface area contributed by atoms with Crippen molar-refractivity contribution in [2.24, 2.45) is 7.05 Å². The highest BCUT2D eigenvalue weighted by molar-refractivity contribution is 7.99. The quantitative estimate of drug-likeness (QED) is 0.648. The monoisotopic (exact) mass is 378 g/mol. The number of aryl methyl sites for hydroxylation is 1. The molecule has 0 saturated heterocycles. The molecule has 136 valence electrons. The third-order valence-electron chi connectivity index (χ3n) is 4.37. The molecule has 1 aliphatic rings. The Morgan fingerprint density at radius 3 is 2.93 bits per heavy atom. The standard InChI is InChI=1S/C20H17N3O3S/c1-23-12-21-22-20(23)27-9-8-16-15-5-3-2-4-14(15)11-26-18-7-6-13(19(24)25)10-17(16)18/h2-8,10,12H,9,11H2,1H3,(H,24,25)/p-1/b16-8+. The zero-order valence-corrected chi connectivity index (χ0v) is 15.4. The van der Waals surface area contributed by atoms with Crippen LogP contribution in [0.4, 0.5) is 0 Å². The summed E-state index contributed by atoms with van der Waals surface area (Å²) in [7, 11) is 1.89. The van der Waals surface area contributed by atoms with Crippen LogP contribution in [0.3, 0.4) is 0 Å². The first-order valence-corrected chi connectivity index (χ1v) is 9.36. The van der Waals surface area contributed by atoms with Crippen LogP contribution in [0.5, 0.6) is 5.75 Å². The SMILES string of the molecule is Cn1cnnc1SC/C=C1\c2ccccc2COc2ccc(C(=O)[O-])cc21. The largest absolute Gasteiger partial charge is 0.545 e. The van der Waals surface area contributed by atoms with Crippen LogP contribution >= 0.6 is 11.8 Å². The molecule has 0 radical (unpaired) electrons. The van der Waals surface area contributed by atoms with Crippen LogP contribution in [-0.2, 0) is 13.7 Å². The predicted molar refractivity (Wildman–Crippen MR) is 100 cm³/mol. The van der Waals surface area contributed by atoms with Gasteiger partial charge in [-0.15, -0.1) is 10.2 Å². The maximum Gasteiger partial charge on any atom is 0.191 e. The molecule has 2 heterocycles. The van der Waals surface area contributed by atoms with Gasteiger partial charge in [-0.05, 0) is 40.5 Å². The fourth-order valence-electron chi connectivity index (χ4n) is 3.03. The highest BCUT2D eigenvalue weighted by Crippen LogP contribution is 2.37. The van der Waals surface area contributed by atoms with E-state index >= 15 is 0 Å². The second kappa shape index (κ2) is 7.28. The lowest BCUT2D eigenvalue weighted by Crippen LogP contribution is -2.22. The molecule has 0 atom stereocenters. The van der Waals surface area contributed by atoms with E-state index in [9.17, 15) is 9.90 Å². The van der Waals surface area contributed by atoms with E-state index in [2.05, 4.69) is 16.3 Å². The minimum atomic E-state index is -1.21. The molecule has 0 unspecified atom stereocenters. The van der Waals surface area contributed by atoms with Gasteiger partial charge in [-0.2, -0.15) is 0 Å². The Labute approximate surface area is 160 Å². The van der Waals surface area contributed by atoms with E-state index in [0.717, 1.165) is 27.4 Å². The number of aromatic nitrogens is 3. The fourth-order valence-corrected chi connectivity index (χ4v) is 3.78. The van der Waals surface area contributed by atoms with Gasteiger partial charge in [0.1, 0.15) is 18.7 Å². The number of thioether (sulfide) groups is 1. The molecule has 4 rings (SSSR count). The molecule has 0 amide bonds. The lowest BCUT2D eigenvalue weighted by molar-refractivity contribution is -0.255. The second-order valence-electron chi connectivity index (χ2n) is 6.10. The molecule has 6 nitrogen and oxygen atoms in total. The fraction of sp³-hybridized carbons (Fsp3) is 0.150. The first kappa shape index (κ1) is 17.4. The molecule has 1 aromatic heterocycles. The minimum Gasteiger partial charge on any atom is -0.545 e. The van der Waals surface area contributed by atoms with Crippen LogP contribution in [0.2, 0.25) is 0 Å². The summed E-state index contributed by atoms with van der Waals surface area (Å²) < 4.78 is 7.78.